The van der Waals surface area contributed by atoms with Gasteiger partial charge in [0.25, 0.3) is 0 Å². The Morgan fingerprint density at radius 1 is 1.56 bits per heavy atom. The molecule has 5 nitrogen and oxygen atoms in total. The average molecular weight is 224 g/mol. The first-order chi connectivity index (χ1) is 7.52. The summed E-state index contributed by atoms with van der Waals surface area (Å²) in [5, 5.41) is 8.65. The van der Waals surface area contributed by atoms with Gasteiger partial charge in [0.15, 0.2) is 0 Å². The number of anilines is 1. The van der Waals surface area contributed by atoms with E-state index in [0.29, 0.717) is 18.0 Å². The largest absolute Gasteiger partial charge is 0.496 e. The van der Waals surface area contributed by atoms with Gasteiger partial charge in [-0.3, -0.25) is 9.69 Å². The smallest absolute Gasteiger partial charge is 0.317 e. The summed E-state index contributed by atoms with van der Waals surface area (Å²) < 4.78 is 5.18. The number of nitrogens with zero attached hydrogens (tertiary/aromatic N) is 1. The molecule has 3 N–H and O–H groups in total. The van der Waals surface area contributed by atoms with Crippen LogP contribution in [0.5, 0.6) is 5.75 Å². The maximum Gasteiger partial charge on any atom is 0.317 e. The van der Waals surface area contributed by atoms with Crippen molar-refractivity contribution in [2.24, 2.45) is 0 Å². The summed E-state index contributed by atoms with van der Waals surface area (Å²) in [6.07, 6.45) is 0. The summed E-state index contributed by atoms with van der Waals surface area (Å²) in [4.78, 5) is 12.2. The van der Waals surface area contributed by atoms with Crippen molar-refractivity contribution in [1.82, 2.24) is 4.90 Å². The standard InChI is InChI=1S/C11H16N2O3/c1-13(7-11(14)15)6-8-5-9(12)3-4-10(8)16-2/h3-5H,6-7,12H2,1-2H3,(H,14,15). The van der Waals surface area contributed by atoms with Gasteiger partial charge in [0, 0.05) is 17.8 Å². The molecule has 0 saturated heterocycles. The first-order valence-electron chi connectivity index (χ1n) is 4.85. The highest BCUT2D eigenvalue weighted by atomic mass is 16.5. The number of likely N-dealkylation sites (N-methyl/N-ethyl adjacent to an activating group) is 1. The number of carboxylic acids is 1. The lowest BCUT2D eigenvalue weighted by molar-refractivity contribution is -0.138. The van der Waals surface area contributed by atoms with Crippen LogP contribution in [0.3, 0.4) is 0 Å². The van der Waals surface area contributed by atoms with Gasteiger partial charge in [0.05, 0.1) is 13.7 Å². The molecule has 1 aromatic rings. The number of carboxylic acid groups (broad SMARTS) is 1. The van der Waals surface area contributed by atoms with Crippen molar-refractivity contribution < 1.29 is 14.6 Å². The van der Waals surface area contributed by atoms with Crippen LogP contribution in [0.25, 0.3) is 0 Å². The zero-order valence-electron chi connectivity index (χ0n) is 9.43. The predicted molar refractivity (Wildman–Crippen MR) is 61.4 cm³/mol. The number of nitrogen functional groups attached to an aromatic ring is 1. The monoisotopic (exact) mass is 224 g/mol. The topological polar surface area (TPSA) is 75.8 Å². The second-order valence-corrected chi connectivity index (χ2v) is 3.64. The van der Waals surface area contributed by atoms with E-state index in [2.05, 4.69) is 0 Å². The molecule has 0 spiro atoms. The quantitative estimate of drug-likeness (QED) is 0.723. The first kappa shape index (κ1) is 12.3. The van der Waals surface area contributed by atoms with Crippen LogP contribution >= 0.6 is 0 Å². The molecule has 88 valence electrons. The normalized spacial score (nSPS) is 10.4. The van der Waals surface area contributed by atoms with Crippen molar-refractivity contribution in [2.75, 3.05) is 26.4 Å². The Kier molecular flexibility index (Phi) is 4.13. The number of hydrogen-bond donors (Lipinski definition) is 2. The van der Waals surface area contributed by atoms with Crippen molar-refractivity contribution in [3.8, 4) is 5.75 Å². The van der Waals surface area contributed by atoms with Crippen molar-refractivity contribution in [3.63, 3.8) is 0 Å². The van der Waals surface area contributed by atoms with Gasteiger partial charge in [-0.05, 0) is 25.2 Å². The second-order valence-electron chi connectivity index (χ2n) is 3.64. The van der Waals surface area contributed by atoms with Gasteiger partial charge in [-0.2, -0.15) is 0 Å². The van der Waals surface area contributed by atoms with Crippen LogP contribution in [-0.2, 0) is 11.3 Å². The number of methoxy groups -OCH3 is 1. The number of nitrogens with two attached hydrogens (primary N) is 1. The second kappa shape index (κ2) is 5.37. The zero-order chi connectivity index (χ0) is 12.1. The molecule has 0 bridgehead atoms. The third-order valence-corrected chi connectivity index (χ3v) is 2.15. The van der Waals surface area contributed by atoms with Crippen molar-refractivity contribution in [1.29, 1.82) is 0 Å². The molecule has 0 aromatic heterocycles. The van der Waals surface area contributed by atoms with Gasteiger partial charge in [-0.25, -0.2) is 0 Å². The Bertz CT molecular complexity index is 379. The van der Waals surface area contributed by atoms with E-state index in [0.717, 1.165) is 5.56 Å². The lowest BCUT2D eigenvalue weighted by Gasteiger charge is -2.16. The van der Waals surface area contributed by atoms with Crippen LogP contribution < -0.4 is 10.5 Å². The van der Waals surface area contributed by atoms with Crippen LogP contribution in [0, 0.1) is 0 Å². The third kappa shape index (κ3) is 3.43. The van der Waals surface area contributed by atoms with Crippen molar-refractivity contribution in [2.45, 2.75) is 6.54 Å². The minimum atomic E-state index is -0.856. The van der Waals surface area contributed by atoms with Crippen LogP contribution in [0.4, 0.5) is 5.69 Å². The highest BCUT2D eigenvalue weighted by molar-refractivity contribution is 5.69. The molecule has 16 heavy (non-hydrogen) atoms. The number of benzene rings is 1. The zero-order valence-corrected chi connectivity index (χ0v) is 9.43. The van der Waals surface area contributed by atoms with Crippen LogP contribution in [-0.4, -0.2) is 36.7 Å². The Hall–Kier alpha value is -1.75. The maximum absolute atomic E-state index is 10.5. The number of carbonyl (C=O) groups is 1. The molecule has 0 aliphatic rings. The predicted octanol–water partition coefficient (Wildman–Crippen LogP) is 0.794. The molecular weight excluding hydrogens is 208 g/mol. The molecule has 0 saturated carbocycles. The van der Waals surface area contributed by atoms with E-state index in [4.69, 9.17) is 15.6 Å². The molecule has 0 fully saturated rings. The number of hydrogen-bond acceptors (Lipinski definition) is 4. The lowest BCUT2D eigenvalue weighted by Crippen LogP contribution is -2.25. The van der Waals surface area contributed by atoms with Gasteiger partial charge in [0.1, 0.15) is 5.75 Å². The van der Waals surface area contributed by atoms with Crippen LogP contribution in [0.15, 0.2) is 18.2 Å². The average Bonchev–Trinajstić information content (AvgIpc) is 2.16. The summed E-state index contributed by atoms with van der Waals surface area (Å²) in [5.74, 6) is -0.142. The summed E-state index contributed by atoms with van der Waals surface area (Å²) in [6.45, 7) is 0.471. The minimum Gasteiger partial charge on any atom is -0.496 e. The van der Waals surface area contributed by atoms with E-state index in [1.165, 1.54) is 0 Å². The van der Waals surface area contributed by atoms with Crippen molar-refractivity contribution in [3.05, 3.63) is 23.8 Å². The van der Waals surface area contributed by atoms with Crippen LogP contribution in [0.1, 0.15) is 5.56 Å². The summed E-state index contributed by atoms with van der Waals surface area (Å²) >= 11 is 0. The Morgan fingerprint density at radius 2 is 2.25 bits per heavy atom. The Labute approximate surface area is 94.4 Å². The number of ether oxygens (including phenoxy) is 1. The number of rotatable bonds is 5. The molecular formula is C11H16N2O3. The van der Waals surface area contributed by atoms with E-state index in [-0.39, 0.29) is 6.54 Å². The van der Waals surface area contributed by atoms with Gasteiger partial charge < -0.3 is 15.6 Å². The van der Waals surface area contributed by atoms with Gasteiger partial charge in [-0.1, -0.05) is 0 Å². The first-order valence-corrected chi connectivity index (χ1v) is 4.85. The highest BCUT2D eigenvalue weighted by Gasteiger charge is 2.09. The highest BCUT2D eigenvalue weighted by Crippen LogP contribution is 2.22. The van der Waals surface area contributed by atoms with Gasteiger partial charge in [0.2, 0.25) is 0 Å². The van der Waals surface area contributed by atoms with Crippen LogP contribution in [0.2, 0.25) is 0 Å². The minimum absolute atomic E-state index is 0.0159. The molecule has 1 rings (SSSR count). The van der Waals surface area contributed by atoms with Crippen molar-refractivity contribution >= 4 is 11.7 Å². The SMILES string of the molecule is COc1ccc(N)cc1CN(C)CC(=O)O. The third-order valence-electron chi connectivity index (χ3n) is 2.15. The molecule has 0 radical (unpaired) electrons. The lowest BCUT2D eigenvalue weighted by atomic mass is 10.1. The Morgan fingerprint density at radius 3 is 2.81 bits per heavy atom. The van der Waals surface area contributed by atoms with E-state index >= 15 is 0 Å². The van der Waals surface area contributed by atoms with Gasteiger partial charge >= 0.3 is 5.97 Å². The molecule has 0 aliphatic carbocycles. The summed E-state index contributed by atoms with van der Waals surface area (Å²) in [7, 11) is 3.31. The number of aliphatic carboxylic acids is 1. The molecule has 0 unspecified atom stereocenters. The summed E-state index contributed by atoms with van der Waals surface area (Å²) in [5.41, 5.74) is 7.19. The molecule has 1 aromatic carbocycles. The molecule has 0 heterocycles. The van der Waals surface area contributed by atoms with Gasteiger partial charge in [-0.15, -0.1) is 0 Å². The molecule has 0 aliphatic heterocycles. The van der Waals surface area contributed by atoms with E-state index in [1.807, 2.05) is 0 Å². The van der Waals surface area contributed by atoms with E-state index in [1.54, 1.807) is 37.3 Å². The maximum atomic E-state index is 10.5. The Balaban J connectivity index is 2.78. The molecule has 5 heteroatoms. The van der Waals surface area contributed by atoms with E-state index < -0.39 is 5.97 Å². The molecule has 0 atom stereocenters. The molecule has 0 amide bonds. The fourth-order valence-electron chi connectivity index (χ4n) is 1.50. The summed E-state index contributed by atoms with van der Waals surface area (Å²) in [6, 6.07) is 5.32. The van der Waals surface area contributed by atoms with E-state index in [9.17, 15) is 4.79 Å². The fourth-order valence-corrected chi connectivity index (χ4v) is 1.50. The fraction of sp³-hybridized carbons (Fsp3) is 0.364.